The van der Waals surface area contributed by atoms with Crippen LogP contribution in [0.25, 0.3) is 0 Å². The van der Waals surface area contributed by atoms with Gasteiger partial charge in [0.2, 0.25) is 0 Å². The number of aromatic hydroxyl groups is 1. The van der Waals surface area contributed by atoms with E-state index < -0.39 is 16.9 Å². The van der Waals surface area contributed by atoms with Gasteiger partial charge in [-0.25, -0.2) is 0 Å². The highest BCUT2D eigenvalue weighted by Gasteiger charge is 2.41. The van der Waals surface area contributed by atoms with Gasteiger partial charge in [-0.05, 0) is 48.4 Å². The lowest BCUT2D eigenvalue weighted by Crippen LogP contribution is -2.43. The second-order valence-electron chi connectivity index (χ2n) is 9.90. The van der Waals surface area contributed by atoms with E-state index in [0.717, 1.165) is 11.1 Å². The molecule has 2 unspecified atom stereocenters. The third-order valence-electron chi connectivity index (χ3n) is 6.70. The predicted molar refractivity (Wildman–Crippen MR) is 136 cm³/mol. The summed E-state index contributed by atoms with van der Waals surface area (Å²) in [4.78, 5) is 24.3. The molecular formula is C28H35ClO6. The number of fused-ring (bicyclic) bond motifs is 1. The fraction of sp³-hybridized carbons (Fsp3) is 0.500. The molecule has 2 aromatic carbocycles. The van der Waals surface area contributed by atoms with Crippen LogP contribution in [0.5, 0.6) is 17.2 Å². The maximum atomic E-state index is 13.3. The number of rotatable bonds is 10. The Balaban J connectivity index is 1.76. The fourth-order valence-corrected chi connectivity index (χ4v) is 4.77. The van der Waals surface area contributed by atoms with E-state index in [1.807, 2.05) is 40.7 Å². The third kappa shape index (κ3) is 5.92. The molecule has 0 fully saturated rings. The Kier molecular flexibility index (Phi) is 8.37. The summed E-state index contributed by atoms with van der Waals surface area (Å²) in [5, 5.41) is 18.9. The number of ketones is 1. The van der Waals surface area contributed by atoms with Gasteiger partial charge in [0.05, 0.1) is 18.6 Å². The van der Waals surface area contributed by atoms with E-state index in [-0.39, 0.29) is 36.2 Å². The highest BCUT2D eigenvalue weighted by Crippen LogP contribution is 2.46. The number of phenols is 1. The van der Waals surface area contributed by atoms with E-state index >= 15 is 0 Å². The van der Waals surface area contributed by atoms with Gasteiger partial charge < -0.3 is 19.7 Å². The number of phenolic OH excluding ortho intramolecular Hbond substituents is 1. The van der Waals surface area contributed by atoms with Crippen molar-refractivity contribution in [2.45, 2.75) is 83.1 Å². The van der Waals surface area contributed by atoms with Crippen LogP contribution in [0.1, 0.15) is 92.8 Å². The van der Waals surface area contributed by atoms with E-state index in [1.54, 1.807) is 24.3 Å². The molecule has 1 aliphatic rings. The Bertz CT molecular complexity index is 1080. The minimum absolute atomic E-state index is 0.0131. The van der Waals surface area contributed by atoms with E-state index in [0.29, 0.717) is 42.1 Å². The number of carboxylic acids is 1. The molecule has 6 nitrogen and oxygen atoms in total. The molecule has 2 atom stereocenters. The van der Waals surface area contributed by atoms with Gasteiger partial charge in [0.1, 0.15) is 28.2 Å². The molecule has 190 valence electrons. The molecule has 1 aliphatic heterocycles. The first-order valence-electron chi connectivity index (χ1n) is 12.2. The minimum atomic E-state index is -1.04. The maximum absolute atomic E-state index is 13.3. The van der Waals surface area contributed by atoms with Crippen LogP contribution in [0.4, 0.5) is 0 Å². The molecule has 2 aromatic rings. The standard InChI is InChI=1S/C28H35ClO6/c1-6-28(11-12-34-19-9-7-18(8-10-19)13-21(29)27(32)33)15-22(30)25-23(35-28)14-20(16(2)3)26(31)24(25)17(4)5/h7-10,14,16-17,21,31H,6,11-13,15H2,1-5H3,(H,32,33). The molecule has 0 aliphatic carbocycles. The smallest absolute Gasteiger partial charge is 0.321 e. The van der Waals surface area contributed by atoms with Crippen LogP contribution in [0.3, 0.4) is 0 Å². The van der Waals surface area contributed by atoms with Crippen molar-refractivity contribution < 1.29 is 29.3 Å². The Labute approximate surface area is 212 Å². The van der Waals surface area contributed by atoms with E-state index in [2.05, 4.69) is 0 Å². The maximum Gasteiger partial charge on any atom is 0.321 e. The number of ether oxygens (including phenoxy) is 2. The lowest BCUT2D eigenvalue weighted by Gasteiger charge is -2.39. The molecule has 35 heavy (non-hydrogen) atoms. The first kappa shape index (κ1) is 26.9. The number of benzene rings is 2. The molecule has 0 spiro atoms. The Hall–Kier alpha value is -2.73. The summed E-state index contributed by atoms with van der Waals surface area (Å²) in [6.07, 6.45) is 1.62. The van der Waals surface area contributed by atoms with Crippen molar-refractivity contribution in [1.82, 2.24) is 0 Å². The molecule has 1 heterocycles. The highest BCUT2D eigenvalue weighted by atomic mass is 35.5. The summed E-state index contributed by atoms with van der Waals surface area (Å²) in [6.45, 7) is 10.3. The topological polar surface area (TPSA) is 93.1 Å². The number of carboxylic acid groups (broad SMARTS) is 1. The summed E-state index contributed by atoms with van der Waals surface area (Å²) in [5.41, 5.74) is 2.08. The van der Waals surface area contributed by atoms with Crippen molar-refractivity contribution in [2.75, 3.05) is 6.61 Å². The second kappa shape index (κ2) is 10.9. The molecule has 0 saturated heterocycles. The van der Waals surface area contributed by atoms with Crippen molar-refractivity contribution in [2.24, 2.45) is 0 Å². The van der Waals surface area contributed by atoms with Crippen molar-refractivity contribution >= 4 is 23.4 Å². The monoisotopic (exact) mass is 502 g/mol. The van der Waals surface area contributed by atoms with Crippen LogP contribution in [-0.4, -0.2) is 39.6 Å². The van der Waals surface area contributed by atoms with Gasteiger partial charge in [-0.2, -0.15) is 0 Å². The van der Waals surface area contributed by atoms with E-state index in [9.17, 15) is 14.7 Å². The van der Waals surface area contributed by atoms with Crippen LogP contribution in [-0.2, 0) is 11.2 Å². The molecule has 0 radical (unpaired) electrons. The zero-order valence-corrected chi connectivity index (χ0v) is 21.8. The third-order valence-corrected chi connectivity index (χ3v) is 7.04. The predicted octanol–water partition coefficient (Wildman–Crippen LogP) is 6.46. The van der Waals surface area contributed by atoms with Crippen LogP contribution in [0.15, 0.2) is 30.3 Å². The van der Waals surface area contributed by atoms with Crippen molar-refractivity contribution in [3.05, 3.63) is 52.6 Å². The van der Waals surface area contributed by atoms with Crippen molar-refractivity contribution in [1.29, 1.82) is 0 Å². The van der Waals surface area contributed by atoms with Crippen LogP contribution in [0, 0.1) is 0 Å². The second-order valence-corrected chi connectivity index (χ2v) is 10.4. The number of carbonyl (C=O) groups is 2. The van der Waals surface area contributed by atoms with Gasteiger partial charge in [-0.15, -0.1) is 11.6 Å². The summed E-state index contributed by atoms with van der Waals surface area (Å²) in [7, 11) is 0. The quantitative estimate of drug-likeness (QED) is 0.362. The molecule has 0 amide bonds. The largest absolute Gasteiger partial charge is 0.507 e. The zero-order valence-electron chi connectivity index (χ0n) is 21.1. The number of Topliss-reactive ketones (excluding diaryl/α,β-unsaturated/α-hetero) is 1. The number of alkyl halides is 1. The van der Waals surface area contributed by atoms with Gasteiger partial charge in [0, 0.05) is 17.5 Å². The van der Waals surface area contributed by atoms with E-state index in [4.69, 9.17) is 26.2 Å². The van der Waals surface area contributed by atoms with Crippen LogP contribution < -0.4 is 9.47 Å². The molecule has 0 aromatic heterocycles. The number of hydrogen-bond donors (Lipinski definition) is 2. The molecule has 2 N–H and O–H groups in total. The molecular weight excluding hydrogens is 468 g/mol. The molecule has 7 heteroatoms. The zero-order chi connectivity index (χ0) is 25.9. The highest BCUT2D eigenvalue weighted by molar-refractivity contribution is 6.29. The number of carbonyl (C=O) groups excluding carboxylic acids is 1. The van der Waals surface area contributed by atoms with Crippen molar-refractivity contribution in [3.8, 4) is 17.2 Å². The summed E-state index contributed by atoms with van der Waals surface area (Å²) >= 11 is 5.82. The Morgan fingerprint density at radius 2 is 1.83 bits per heavy atom. The summed E-state index contributed by atoms with van der Waals surface area (Å²) in [5.74, 6) is 0.415. The average Bonchev–Trinajstić information content (AvgIpc) is 2.79. The number of halogens is 1. The Morgan fingerprint density at radius 1 is 1.17 bits per heavy atom. The van der Waals surface area contributed by atoms with Crippen LogP contribution in [0.2, 0.25) is 0 Å². The first-order valence-corrected chi connectivity index (χ1v) is 12.6. The minimum Gasteiger partial charge on any atom is -0.507 e. The summed E-state index contributed by atoms with van der Waals surface area (Å²) < 4.78 is 12.4. The fourth-order valence-electron chi connectivity index (χ4n) is 4.59. The Morgan fingerprint density at radius 3 is 2.37 bits per heavy atom. The van der Waals surface area contributed by atoms with Crippen LogP contribution >= 0.6 is 11.6 Å². The summed E-state index contributed by atoms with van der Waals surface area (Å²) in [6, 6.07) is 8.99. The lowest BCUT2D eigenvalue weighted by atomic mass is 9.80. The first-order chi connectivity index (χ1) is 16.5. The number of hydrogen-bond acceptors (Lipinski definition) is 5. The number of aliphatic carboxylic acids is 1. The van der Waals surface area contributed by atoms with Gasteiger partial charge in [-0.1, -0.05) is 46.8 Å². The van der Waals surface area contributed by atoms with E-state index in [1.165, 1.54) is 0 Å². The SMILES string of the molecule is CCC1(CCOc2ccc(CC(Cl)C(=O)O)cc2)CC(=O)c2c(cc(C(C)C)c(O)c2C(C)C)O1. The molecule has 0 saturated carbocycles. The molecule has 3 rings (SSSR count). The lowest BCUT2D eigenvalue weighted by molar-refractivity contribution is -0.136. The normalized spacial score (nSPS) is 18.3. The van der Waals surface area contributed by atoms with Crippen molar-refractivity contribution in [3.63, 3.8) is 0 Å². The van der Waals surface area contributed by atoms with Gasteiger partial charge in [-0.3, -0.25) is 9.59 Å². The average molecular weight is 503 g/mol. The van der Waals surface area contributed by atoms with Gasteiger partial charge in [0.15, 0.2) is 5.78 Å². The molecule has 0 bridgehead atoms. The van der Waals surface area contributed by atoms with Gasteiger partial charge >= 0.3 is 5.97 Å². The van der Waals surface area contributed by atoms with Gasteiger partial charge in [0.25, 0.3) is 0 Å².